The molecule has 104 valence electrons. The third-order valence-corrected chi connectivity index (χ3v) is 3.59. The fraction of sp³-hybridized carbons (Fsp3) is 0.333. The average Bonchev–Trinajstić information content (AvgIpc) is 3.22. The lowest BCUT2D eigenvalue weighted by Gasteiger charge is -2.13. The number of anilines is 1. The van der Waals surface area contributed by atoms with Crippen LogP contribution in [0.2, 0.25) is 0 Å². The van der Waals surface area contributed by atoms with Crippen LogP contribution in [0.4, 0.5) is 5.69 Å². The highest BCUT2D eigenvalue weighted by molar-refractivity contribution is 9.10. The first-order valence-corrected chi connectivity index (χ1v) is 7.41. The van der Waals surface area contributed by atoms with Gasteiger partial charge in [-0.05, 0) is 40.9 Å². The number of aromatic nitrogens is 2. The molecule has 0 saturated heterocycles. The van der Waals surface area contributed by atoms with Crippen molar-refractivity contribution in [2.24, 2.45) is 0 Å². The first-order valence-electron chi connectivity index (χ1n) is 6.61. The summed E-state index contributed by atoms with van der Waals surface area (Å²) >= 11 is 3.42. The molecule has 0 bridgehead atoms. The van der Waals surface area contributed by atoms with Crippen molar-refractivity contribution < 1.29 is 4.74 Å². The van der Waals surface area contributed by atoms with Crippen LogP contribution < -0.4 is 9.64 Å². The van der Waals surface area contributed by atoms with E-state index in [1.165, 1.54) is 12.8 Å². The van der Waals surface area contributed by atoms with E-state index in [1.807, 2.05) is 43.3 Å². The SMILES string of the molecule is CN(C)c1cccc(Oc2cc(Br)nc(C3CC3)n2)c1. The van der Waals surface area contributed by atoms with Crippen molar-refractivity contribution in [3.8, 4) is 11.6 Å². The van der Waals surface area contributed by atoms with Crippen LogP contribution in [-0.2, 0) is 0 Å². The first kappa shape index (κ1) is 13.4. The van der Waals surface area contributed by atoms with Crippen LogP contribution in [0.3, 0.4) is 0 Å². The second kappa shape index (κ2) is 5.40. The van der Waals surface area contributed by atoms with Gasteiger partial charge in [0.2, 0.25) is 5.88 Å². The van der Waals surface area contributed by atoms with Crippen molar-refractivity contribution in [3.63, 3.8) is 0 Å². The molecule has 0 amide bonds. The van der Waals surface area contributed by atoms with Crippen LogP contribution in [0.25, 0.3) is 0 Å². The molecule has 0 radical (unpaired) electrons. The third-order valence-electron chi connectivity index (χ3n) is 3.19. The topological polar surface area (TPSA) is 38.2 Å². The molecule has 0 unspecified atom stereocenters. The van der Waals surface area contributed by atoms with Gasteiger partial charge in [0.25, 0.3) is 0 Å². The number of nitrogens with zero attached hydrogens (tertiary/aromatic N) is 3. The van der Waals surface area contributed by atoms with E-state index in [1.54, 1.807) is 6.07 Å². The molecule has 20 heavy (non-hydrogen) atoms. The van der Waals surface area contributed by atoms with Gasteiger partial charge >= 0.3 is 0 Å². The molecular weight excluding hydrogens is 318 g/mol. The number of benzene rings is 1. The van der Waals surface area contributed by atoms with E-state index in [2.05, 4.69) is 25.9 Å². The quantitative estimate of drug-likeness (QED) is 0.793. The monoisotopic (exact) mass is 333 g/mol. The Balaban J connectivity index is 1.85. The van der Waals surface area contributed by atoms with Crippen molar-refractivity contribution in [3.05, 3.63) is 40.8 Å². The maximum absolute atomic E-state index is 5.86. The maximum atomic E-state index is 5.86. The third kappa shape index (κ3) is 3.10. The Labute approximate surface area is 126 Å². The van der Waals surface area contributed by atoms with E-state index < -0.39 is 0 Å². The number of hydrogen-bond acceptors (Lipinski definition) is 4. The normalized spacial score (nSPS) is 14.2. The number of rotatable bonds is 4. The van der Waals surface area contributed by atoms with Crippen molar-refractivity contribution in [1.29, 1.82) is 0 Å². The van der Waals surface area contributed by atoms with Crippen LogP contribution in [0.15, 0.2) is 34.9 Å². The Morgan fingerprint density at radius 3 is 2.70 bits per heavy atom. The van der Waals surface area contributed by atoms with E-state index >= 15 is 0 Å². The molecule has 0 atom stereocenters. The summed E-state index contributed by atoms with van der Waals surface area (Å²) in [6, 6.07) is 9.74. The van der Waals surface area contributed by atoms with E-state index in [-0.39, 0.29) is 0 Å². The molecule has 1 saturated carbocycles. The fourth-order valence-electron chi connectivity index (χ4n) is 1.94. The molecule has 5 heteroatoms. The predicted molar refractivity (Wildman–Crippen MR) is 82.6 cm³/mol. The molecule has 1 fully saturated rings. The Morgan fingerprint density at radius 1 is 1.20 bits per heavy atom. The summed E-state index contributed by atoms with van der Waals surface area (Å²) in [6.45, 7) is 0. The van der Waals surface area contributed by atoms with Gasteiger partial charge in [-0.25, -0.2) is 4.98 Å². The van der Waals surface area contributed by atoms with Crippen LogP contribution in [0, 0.1) is 0 Å². The summed E-state index contributed by atoms with van der Waals surface area (Å²) < 4.78 is 6.63. The number of halogens is 1. The first-order chi connectivity index (χ1) is 9.61. The smallest absolute Gasteiger partial charge is 0.223 e. The van der Waals surface area contributed by atoms with Crippen LogP contribution >= 0.6 is 15.9 Å². The molecule has 1 aromatic carbocycles. The summed E-state index contributed by atoms with van der Waals surface area (Å²) in [5.41, 5.74) is 1.10. The standard InChI is InChI=1S/C15H16BrN3O/c1-19(2)11-4-3-5-12(8-11)20-14-9-13(16)17-15(18-14)10-6-7-10/h3-5,8-10H,6-7H2,1-2H3. The van der Waals surface area contributed by atoms with Crippen LogP contribution in [0.5, 0.6) is 11.6 Å². The zero-order chi connectivity index (χ0) is 14.1. The van der Waals surface area contributed by atoms with Gasteiger partial charge in [-0.3, -0.25) is 0 Å². The minimum absolute atomic E-state index is 0.503. The van der Waals surface area contributed by atoms with Gasteiger partial charge in [-0.1, -0.05) is 6.07 Å². The lowest BCUT2D eigenvalue weighted by molar-refractivity contribution is 0.458. The highest BCUT2D eigenvalue weighted by Crippen LogP contribution is 2.39. The van der Waals surface area contributed by atoms with Gasteiger partial charge in [0, 0.05) is 37.8 Å². The summed E-state index contributed by atoms with van der Waals surface area (Å²) in [6.07, 6.45) is 2.35. The lowest BCUT2D eigenvalue weighted by atomic mass is 10.3. The summed E-state index contributed by atoms with van der Waals surface area (Å²) in [7, 11) is 4.01. The molecule has 1 aliphatic carbocycles. The Morgan fingerprint density at radius 2 is 2.00 bits per heavy atom. The van der Waals surface area contributed by atoms with Crippen LogP contribution in [0.1, 0.15) is 24.6 Å². The van der Waals surface area contributed by atoms with Crippen molar-refractivity contribution in [1.82, 2.24) is 9.97 Å². The lowest BCUT2D eigenvalue weighted by Crippen LogP contribution is -2.08. The van der Waals surface area contributed by atoms with E-state index in [4.69, 9.17) is 4.74 Å². The van der Waals surface area contributed by atoms with E-state index in [0.29, 0.717) is 11.8 Å². The Kier molecular flexibility index (Phi) is 3.61. The molecule has 0 aliphatic heterocycles. The van der Waals surface area contributed by atoms with Gasteiger partial charge in [-0.2, -0.15) is 4.98 Å². The Hall–Kier alpha value is -1.62. The second-order valence-electron chi connectivity index (χ2n) is 5.16. The van der Waals surface area contributed by atoms with Crippen molar-refractivity contribution in [2.45, 2.75) is 18.8 Å². The predicted octanol–water partition coefficient (Wildman–Crippen LogP) is 3.97. The minimum atomic E-state index is 0.503. The van der Waals surface area contributed by atoms with E-state index in [0.717, 1.165) is 21.9 Å². The number of hydrogen-bond donors (Lipinski definition) is 0. The van der Waals surface area contributed by atoms with Crippen LogP contribution in [-0.4, -0.2) is 24.1 Å². The average molecular weight is 334 g/mol. The summed E-state index contributed by atoms with van der Waals surface area (Å²) in [4.78, 5) is 10.9. The molecular formula is C15H16BrN3O. The molecule has 1 heterocycles. The van der Waals surface area contributed by atoms with Crippen molar-refractivity contribution >= 4 is 21.6 Å². The van der Waals surface area contributed by atoms with Gasteiger partial charge in [0.1, 0.15) is 16.2 Å². The largest absolute Gasteiger partial charge is 0.439 e. The van der Waals surface area contributed by atoms with E-state index in [9.17, 15) is 0 Å². The minimum Gasteiger partial charge on any atom is -0.439 e. The Bertz CT molecular complexity index is 626. The highest BCUT2D eigenvalue weighted by Gasteiger charge is 2.27. The fourth-order valence-corrected chi connectivity index (χ4v) is 2.31. The highest BCUT2D eigenvalue weighted by atomic mass is 79.9. The zero-order valence-electron chi connectivity index (χ0n) is 11.5. The molecule has 0 N–H and O–H groups in total. The van der Waals surface area contributed by atoms with Crippen molar-refractivity contribution in [2.75, 3.05) is 19.0 Å². The van der Waals surface area contributed by atoms with Gasteiger partial charge < -0.3 is 9.64 Å². The molecule has 1 aliphatic rings. The molecule has 2 aromatic rings. The number of ether oxygens (including phenoxy) is 1. The summed E-state index contributed by atoms with van der Waals surface area (Å²) in [5, 5.41) is 0. The molecule has 4 nitrogen and oxygen atoms in total. The maximum Gasteiger partial charge on any atom is 0.223 e. The molecule has 3 rings (SSSR count). The second-order valence-corrected chi connectivity index (χ2v) is 5.97. The summed E-state index contributed by atoms with van der Waals surface area (Å²) in [5.74, 6) is 2.74. The van der Waals surface area contributed by atoms with Gasteiger partial charge in [0.05, 0.1) is 0 Å². The zero-order valence-corrected chi connectivity index (χ0v) is 13.1. The van der Waals surface area contributed by atoms with Gasteiger partial charge in [0.15, 0.2) is 0 Å². The molecule has 1 aromatic heterocycles. The van der Waals surface area contributed by atoms with Gasteiger partial charge in [-0.15, -0.1) is 0 Å². The molecule has 0 spiro atoms.